The van der Waals surface area contributed by atoms with E-state index in [9.17, 15) is 0 Å². The van der Waals surface area contributed by atoms with Gasteiger partial charge in [0.25, 0.3) is 0 Å². The van der Waals surface area contributed by atoms with Gasteiger partial charge < -0.3 is 4.43 Å². The maximum atomic E-state index is 6.48. The molecule has 0 saturated carbocycles. The molecule has 0 amide bonds. The molecule has 0 saturated heterocycles. The molecule has 0 heterocycles. The molecule has 0 aliphatic heterocycles. The van der Waals surface area contributed by atoms with Crippen LogP contribution in [0.25, 0.3) is 0 Å². The summed E-state index contributed by atoms with van der Waals surface area (Å²) in [7, 11) is -1.73. The van der Waals surface area contributed by atoms with Crippen LogP contribution in [0.15, 0.2) is 47.3 Å². The molecule has 2 heteroatoms. The molecule has 1 atom stereocenters. The quantitative estimate of drug-likeness (QED) is 0.637. The van der Waals surface area contributed by atoms with Gasteiger partial charge in [-0.1, -0.05) is 45.1 Å². The van der Waals surface area contributed by atoms with Crippen molar-refractivity contribution in [2.45, 2.75) is 45.8 Å². The van der Waals surface area contributed by atoms with Gasteiger partial charge in [0.1, 0.15) is 0 Å². The second-order valence-electron chi connectivity index (χ2n) is 6.77. The van der Waals surface area contributed by atoms with E-state index in [2.05, 4.69) is 71.2 Å². The minimum absolute atomic E-state index is 0.249. The Balaban J connectivity index is 2.22. The summed E-state index contributed by atoms with van der Waals surface area (Å²) in [5, 5.41) is 0.249. The summed E-state index contributed by atoms with van der Waals surface area (Å²) in [6, 6.07) is 0. The fourth-order valence-corrected chi connectivity index (χ4v) is 3.18. The number of fused-ring (bicyclic) bond motifs is 1. The number of allylic oxidation sites excluding steroid dienone is 6. The first-order chi connectivity index (χ1) is 8.22. The minimum Gasteiger partial charge on any atom is -0.546 e. The van der Waals surface area contributed by atoms with E-state index in [1.807, 2.05) is 0 Å². The predicted octanol–water partition coefficient (Wildman–Crippen LogP) is 4.96. The standard InChI is InChI=1S/C16H24OSi/c1-12-11-15(14-10-8-7-9-13(12)14)17-18(5,6)16(2,3)4/h7-11,14H,1-6H3. The van der Waals surface area contributed by atoms with Crippen molar-refractivity contribution in [1.82, 2.24) is 0 Å². The molecule has 1 unspecified atom stereocenters. The van der Waals surface area contributed by atoms with Gasteiger partial charge in [0.15, 0.2) is 0 Å². The van der Waals surface area contributed by atoms with Crippen molar-refractivity contribution in [1.29, 1.82) is 0 Å². The molecule has 0 fully saturated rings. The highest BCUT2D eigenvalue weighted by Crippen LogP contribution is 2.43. The van der Waals surface area contributed by atoms with Crippen LogP contribution in [0.1, 0.15) is 27.7 Å². The molecule has 0 bridgehead atoms. The minimum atomic E-state index is -1.73. The molecule has 98 valence electrons. The maximum Gasteiger partial charge on any atom is 0.250 e. The third kappa shape index (κ3) is 2.26. The first-order valence-electron chi connectivity index (χ1n) is 6.68. The molecule has 18 heavy (non-hydrogen) atoms. The molecular weight excluding hydrogens is 236 g/mol. The lowest BCUT2D eigenvalue weighted by atomic mass is 9.95. The van der Waals surface area contributed by atoms with E-state index < -0.39 is 8.32 Å². The smallest absolute Gasteiger partial charge is 0.250 e. The Morgan fingerprint density at radius 3 is 2.44 bits per heavy atom. The Morgan fingerprint density at radius 2 is 1.83 bits per heavy atom. The van der Waals surface area contributed by atoms with E-state index in [1.54, 1.807) is 0 Å². The van der Waals surface area contributed by atoms with Crippen molar-refractivity contribution in [2.75, 3.05) is 0 Å². The lowest BCUT2D eigenvalue weighted by Crippen LogP contribution is -2.41. The normalized spacial score (nSPS) is 23.2. The lowest BCUT2D eigenvalue weighted by Gasteiger charge is -2.38. The molecule has 0 aromatic rings. The molecule has 0 N–H and O–H groups in total. The van der Waals surface area contributed by atoms with Crippen molar-refractivity contribution in [3.8, 4) is 0 Å². The average Bonchev–Trinajstić information content (AvgIpc) is 2.55. The van der Waals surface area contributed by atoms with Crippen LogP contribution in [0.3, 0.4) is 0 Å². The molecule has 0 radical (unpaired) electrons. The Morgan fingerprint density at radius 1 is 1.17 bits per heavy atom. The molecule has 0 spiro atoms. The summed E-state index contributed by atoms with van der Waals surface area (Å²) < 4.78 is 6.48. The molecule has 2 rings (SSSR count). The van der Waals surface area contributed by atoms with E-state index in [-0.39, 0.29) is 5.04 Å². The van der Waals surface area contributed by atoms with Crippen molar-refractivity contribution < 1.29 is 4.43 Å². The van der Waals surface area contributed by atoms with E-state index in [4.69, 9.17) is 4.43 Å². The number of hydrogen-bond donors (Lipinski definition) is 0. The van der Waals surface area contributed by atoms with Gasteiger partial charge in [-0.2, -0.15) is 0 Å². The van der Waals surface area contributed by atoms with Gasteiger partial charge >= 0.3 is 0 Å². The van der Waals surface area contributed by atoms with Gasteiger partial charge in [0, 0.05) is 0 Å². The zero-order valence-corrected chi connectivity index (χ0v) is 13.4. The van der Waals surface area contributed by atoms with E-state index in [0.717, 1.165) is 5.76 Å². The van der Waals surface area contributed by atoms with Gasteiger partial charge in [-0.3, -0.25) is 0 Å². The monoisotopic (exact) mass is 260 g/mol. The Labute approximate surface area is 112 Å². The second kappa shape index (κ2) is 4.27. The predicted molar refractivity (Wildman–Crippen MR) is 80.8 cm³/mol. The van der Waals surface area contributed by atoms with Crippen LogP contribution >= 0.6 is 0 Å². The van der Waals surface area contributed by atoms with Gasteiger partial charge in [0.05, 0.1) is 11.7 Å². The van der Waals surface area contributed by atoms with Crippen molar-refractivity contribution in [2.24, 2.45) is 5.92 Å². The highest BCUT2D eigenvalue weighted by molar-refractivity contribution is 6.74. The number of rotatable bonds is 2. The molecule has 2 aliphatic carbocycles. The fraction of sp³-hybridized carbons (Fsp3) is 0.500. The topological polar surface area (TPSA) is 9.23 Å². The highest BCUT2D eigenvalue weighted by atomic mass is 28.4. The fourth-order valence-electron chi connectivity index (χ4n) is 2.09. The van der Waals surface area contributed by atoms with Crippen LogP contribution < -0.4 is 0 Å². The highest BCUT2D eigenvalue weighted by Gasteiger charge is 2.41. The van der Waals surface area contributed by atoms with Gasteiger partial charge in [0.2, 0.25) is 8.32 Å². The van der Waals surface area contributed by atoms with Gasteiger partial charge in [-0.15, -0.1) is 0 Å². The largest absolute Gasteiger partial charge is 0.546 e. The van der Waals surface area contributed by atoms with Crippen LogP contribution in [-0.4, -0.2) is 8.32 Å². The van der Waals surface area contributed by atoms with E-state index in [1.165, 1.54) is 11.1 Å². The molecule has 0 aromatic carbocycles. The van der Waals surface area contributed by atoms with Crippen LogP contribution in [-0.2, 0) is 4.43 Å². The van der Waals surface area contributed by atoms with Crippen molar-refractivity contribution in [3.63, 3.8) is 0 Å². The van der Waals surface area contributed by atoms with Crippen LogP contribution in [0.4, 0.5) is 0 Å². The summed E-state index contributed by atoms with van der Waals surface area (Å²) in [5.74, 6) is 1.50. The van der Waals surface area contributed by atoms with Crippen molar-refractivity contribution in [3.05, 3.63) is 47.3 Å². The molecule has 0 aromatic heterocycles. The number of hydrogen-bond acceptors (Lipinski definition) is 1. The second-order valence-corrected chi connectivity index (χ2v) is 11.5. The first kappa shape index (κ1) is 13.4. The summed E-state index contributed by atoms with van der Waals surface area (Å²) in [6.07, 6.45) is 10.9. The Bertz CT molecular complexity index is 470. The Kier molecular flexibility index (Phi) is 3.18. The summed E-state index contributed by atoms with van der Waals surface area (Å²) in [6.45, 7) is 13.6. The summed E-state index contributed by atoms with van der Waals surface area (Å²) in [4.78, 5) is 0. The third-order valence-electron chi connectivity index (χ3n) is 4.33. The van der Waals surface area contributed by atoms with Crippen LogP contribution in [0, 0.1) is 5.92 Å². The molecule has 1 nitrogen and oxygen atoms in total. The average molecular weight is 260 g/mol. The summed E-state index contributed by atoms with van der Waals surface area (Å²) in [5.41, 5.74) is 2.74. The van der Waals surface area contributed by atoms with Gasteiger partial charge in [-0.25, -0.2) is 0 Å². The summed E-state index contributed by atoms with van der Waals surface area (Å²) >= 11 is 0. The molecular formula is C16H24OSi. The lowest BCUT2D eigenvalue weighted by molar-refractivity contribution is 0.358. The van der Waals surface area contributed by atoms with Crippen molar-refractivity contribution >= 4 is 8.32 Å². The van der Waals surface area contributed by atoms with Crippen LogP contribution in [0.5, 0.6) is 0 Å². The molecule has 2 aliphatic rings. The van der Waals surface area contributed by atoms with E-state index >= 15 is 0 Å². The Hall–Kier alpha value is -1.02. The third-order valence-corrected chi connectivity index (χ3v) is 8.68. The zero-order valence-electron chi connectivity index (χ0n) is 12.4. The van der Waals surface area contributed by atoms with Crippen LogP contribution in [0.2, 0.25) is 18.1 Å². The SMILES string of the molecule is CC1=C2C=CC=CC2C(O[Si](C)(C)C(C)(C)C)=C1. The zero-order chi connectivity index (χ0) is 13.6. The van der Waals surface area contributed by atoms with E-state index in [0.29, 0.717) is 5.92 Å². The first-order valence-corrected chi connectivity index (χ1v) is 9.59. The van der Waals surface area contributed by atoms with Gasteiger partial charge in [-0.05, 0) is 42.3 Å². The maximum absolute atomic E-state index is 6.48.